The van der Waals surface area contributed by atoms with Crippen LogP contribution in [0, 0.1) is 6.92 Å². The molecule has 1 aromatic carbocycles. The Kier molecular flexibility index (Phi) is 2.00. The van der Waals surface area contributed by atoms with Gasteiger partial charge in [0.1, 0.15) is 0 Å². The van der Waals surface area contributed by atoms with Gasteiger partial charge >= 0.3 is 0 Å². The van der Waals surface area contributed by atoms with Crippen molar-refractivity contribution in [2.75, 3.05) is 18.4 Å². The van der Waals surface area contributed by atoms with Crippen LogP contribution in [0.4, 0.5) is 5.69 Å². The van der Waals surface area contributed by atoms with Gasteiger partial charge in [-0.25, -0.2) is 0 Å². The van der Waals surface area contributed by atoms with Crippen molar-refractivity contribution in [3.63, 3.8) is 0 Å². The lowest BCUT2D eigenvalue weighted by atomic mass is 10.1. The number of rotatable bonds is 0. The Balaban J connectivity index is 2.42. The fourth-order valence-electron chi connectivity index (χ4n) is 1.63. The highest BCUT2D eigenvalue weighted by molar-refractivity contribution is 5.57. The lowest BCUT2D eigenvalue weighted by molar-refractivity contribution is 0.725. The lowest BCUT2D eigenvalue weighted by Crippen LogP contribution is -2.16. The van der Waals surface area contributed by atoms with Crippen LogP contribution in [0.2, 0.25) is 0 Å². The maximum Gasteiger partial charge on any atom is 0.0415 e. The van der Waals surface area contributed by atoms with E-state index >= 15 is 0 Å². The molecule has 2 heteroatoms. The fraction of sp³-hybridized carbons (Fsp3) is 0.400. The van der Waals surface area contributed by atoms with Crippen molar-refractivity contribution < 1.29 is 0 Å². The van der Waals surface area contributed by atoms with Crippen molar-refractivity contribution in [3.8, 4) is 0 Å². The van der Waals surface area contributed by atoms with Gasteiger partial charge in [0.25, 0.3) is 0 Å². The summed E-state index contributed by atoms with van der Waals surface area (Å²) in [4.78, 5) is 0. The van der Waals surface area contributed by atoms with Crippen molar-refractivity contribution in [1.82, 2.24) is 5.32 Å². The summed E-state index contributed by atoms with van der Waals surface area (Å²) in [6, 6.07) is 6.44. The quantitative estimate of drug-likeness (QED) is 0.604. The maximum atomic E-state index is 3.43. The molecule has 1 aliphatic heterocycles. The van der Waals surface area contributed by atoms with E-state index in [1.54, 1.807) is 0 Å². The summed E-state index contributed by atoms with van der Waals surface area (Å²) in [5, 5.41) is 6.80. The molecule has 0 aromatic heterocycles. The molecule has 0 amide bonds. The first kappa shape index (κ1) is 7.62. The number of fused-ring (bicyclic) bond motifs is 1. The molecular weight excluding hydrogens is 148 g/mol. The van der Waals surface area contributed by atoms with Gasteiger partial charge in [-0.15, -0.1) is 0 Å². The second-order valence-corrected chi connectivity index (χ2v) is 3.21. The zero-order chi connectivity index (χ0) is 8.39. The van der Waals surface area contributed by atoms with Gasteiger partial charge in [-0.2, -0.15) is 0 Å². The third-order valence-corrected chi connectivity index (χ3v) is 2.28. The molecule has 2 nitrogen and oxygen atoms in total. The van der Waals surface area contributed by atoms with E-state index in [9.17, 15) is 0 Å². The Hall–Kier alpha value is -1.02. The minimum absolute atomic E-state index is 0.990. The molecule has 0 bridgehead atoms. The van der Waals surface area contributed by atoms with E-state index < -0.39 is 0 Å². The van der Waals surface area contributed by atoms with E-state index in [1.807, 2.05) is 0 Å². The smallest absolute Gasteiger partial charge is 0.0415 e. The van der Waals surface area contributed by atoms with Crippen LogP contribution in [0.25, 0.3) is 0 Å². The van der Waals surface area contributed by atoms with Crippen LogP contribution >= 0.6 is 0 Å². The number of anilines is 1. The van der Waals surface area contributed by atoms with Gasteiger partial charge in [0.2, 0.25) is 0 Å². The van der Waals surface area contributed by atoms with E-state index in [2.05, 4.69) is 35.8 Å². The molecule has 0 saturated heterocycles. The van der Waals surface area contributed by atoms with Crippen molar-refractivity contribution in [1.29, 1.82) is 0 Å². The molecule has 12 heavy (non-hydrogen) atoms. The third-order valence-electron chi connectivity index (χ3n) is 2.28. The highest BCUT2D eigenvalue weighted by Crippen LogP contribution is 2.20. The number of hydrogen-bond donors (Lipinski definition) is 2. The number of hydrogen-bond acceptors (Lipinski definition) is 2. The minimum atomic E-state index is 0.990. The second kappa shape index (κ2) is 3.15. The van der Waals surface area contributed by atoms with Gasteiger partial charge in [-0.3, -0.25) is 0 Å². The van der Waals surface area contributed by atoms with Crippen LogP contribution in [-0.2, 0) is 6.54 Å². The molecule has 1 heterocycles. The van der Waals surface area contributed by atoms with Gasteiger partial charge in [-0.1, -0.05) is 18.2 Å². The molecule has 0 atom stereocenters. The summed E-state index contributed by atoms with van der Waals surface area (Å²) in [6.45, 7) is 5.22. The minimum Gasteiger partial charge on any atom is -0.383 e. The molecule has 64 valence electrons. The molecule has 1 aromatic rings. The topological polar surface area (TPSA) is 24.1 Å². The average molecular weight is 162 g/mol. The zero-order valence-electron chi connectivity index (χ0n) is 7.35. The molecule has 0 aliphatic carbocycles. The van der Waals surface area contributed by atoms with Gasteiger partial charge < -0.3 is 10.6 Å². The Morgan fingerprint density at radius 2 is 2.17 bits per heavy atom. The molecule has 0 saturated carbocycles. The summed E-state index contributed by atoms with van der Waals surface area (Å²) in [5.41, 5.74) is 4.05. The van der Waals surface area contributed by atoms with Gasteiger partial charge in [0.15, 0.2) is 0 Å². The maximum absolute atomic E-state index is 3.43. The molecule has 2 N–H and O–H groups in total. The first-order valence-corrected chi connectivity index (χ1v) is 4.41. The van der Waals surface area contributed by atoms with E-state index in [0.29, 0.717) is 0 Å². The molecule has 0 spiro atoms. The predicted octanol–water partition coefficient (Wildman–Crippen LogP) is 1.51. The highest BCUT2D eigenvalue weighted by Gasteiger charge is 2.06. The van der Waals surface area contributed by atoms with Crippen LogP contribution in [0.1, 0.15) is 11.1 Å². The van der Waals surface area contributed by atoms with Crippen molar-refractivity contribution in [2.45, 2.75) is 13.5 Å². The van der Waals surface area contributed by atoms with E-state index in [0.717, 1.165) is 19.6 Å². The first-order valence-electron chi connectivity index (χ1n) is 4.41. The van der Waals surface area contributed by atoms with Crippen LogP contribution in [-0.4, -0.2) is 13.1 Å². The third kappa shape index (κ3) is 1.30. The number of aryl methyl sites for hydroxylation is 1. The zero-order valence-corrected chi connectivity index (χ0v) is 7.35. The van der Waals surface area contributed by atoms with E-state index in [1.165, 1.54) is 16.8 Å². The summed E-state index contributed by atoms with van der Waals surface area (Å²) < 4.78 is 0. The van der Waals surface area contributed by atoms with Crippen LogP contribution in [0.5, 0.6) is 0 Å². The van der Waals surface area contributed by atoms with E-state index in [-0.39, 0.29) is 0 Å². The normalized spacial score (nSPS) is 16.1. The Morgan fingerprint density at radius 3 is 3.08 bits per heavy atom. The van der Waals surface area contributed by atoms with Crippen LogP contribution in [0.15, 0.2) is 18.2 Å². The predicted molar refractivity (Wildman–Crippen MR) is 51.4 cm³/mol. The average Bonchev–Trinajstić information content (AvgIpc) is 2.30. The molecule has 0 fully saturated rings. The second-order valence-electron chi connectivity index (χ2n) is 3.21. The summed E-state index contributed by atoms with van der Waals surface area (Å²) in [6.07, 6.45) is 0. The Morgan fingerprint density at radius 1 is 1.25 bits per heavy atom. The molecule has 2 rings (SSSR count). The van der Waals surface area contributed by atoms with E-state index in [4.69, 9.17) is 0 Å². The van der Waals surface area contributed by atoms with Crippen LogP contribution in [0.3, 0.4) is 0 Å². The summed E-state index contributed by atoms with van der Waals surface area (Å²) >= 11 is 0. The number of benzene rings is 1. The molecule has 1 aliphatic rings. The first-order chi connectivity index (χ1) is 5.88. The Bertz CT molecular complexity index is 281. The standard InChI is InChI=1S/C10H14N2/c1-8-3-2-4-9-7-11-5-6-12-10(8)9/h2-4,11-12H,5-7H2,1H3. The fourth-order valence-corrected chi connectivity index (χ4v) is 1.63. The highest BCUT2D eigenvalue weighted by atomic mass is 15.0. The van der Waals surface area contributed by atoms with Crippen molar-refractivity contribution in [2.24, 2.45) is 0 Å². The number of nitrogens with one attached hydrogen (secondary N) is 2. The van der Waals surface area contributed by atoms with Gasteiger partial charge in [0.05, 0.1) is 0 Å². The number of para-hydroxylation sites is 1. The largest absolute Gasteiger partial charge is 0.383 e. The lowest BCUT2D eigenvalue weighted by Gasteiger charge is -2.09. The van der Waals surface area contributed by atoms with Crippen molar-refractivity contribution in [3.05, 3.63) is 29.3 Å². The summed E-state index contributed by atoms with van der Waals surface area (Å²) in [5.74, 6) is 0. The summed E-state index contributed by atoms with van der Waals surface area (Å²) in [7, 11) is 0. The SMILES string of the molecule is Cc1cccc2c1NCCNC2. The van der Waals surface area contributed by atoms with Crippen LogP contribution < -0.4 is 10.6 Å². The molecule has 0 unspecified atom stereocenters. The monoisotopic (exact) mass is 162 g/mol. The van der Waals surface area contributed by atoms with Gasteiger partial charge in [-0.05, 0) is 18.1 Å². The molecular formula is C10H14N2. The molecule has 0 radical (unpaired) electrons. The van der Waals surface area contributed by atoms with Crippen molar-refractivity contribution >= 4 is 5.69 Å². The van der Waals surface area contributed by atoms with Gasteiger partial charge in [0, 0.05) is 25.3 Å². The Labute approximate surface area is 73.0 Å².